The minimum absolute atomic E-state index is 0.0618. The molecule has 26 heavy (non-hydrogen) atoms. The fraction of sp³-hybridized carbons (Fsp3) is 0.429. The number of benzene rings is 1. The molecule has 0 bridgehead atoms. The summed E-state index contributed by atoms with van der Waals surface area (Å²) in [5.41, 5.74) is 2.79. The molecule has 0 saturated heterocycles. The van der Waals surface area contributed by atoms with Crippen molar-refractivity contribution in [1.82, 2.24) is 0 Å². The van der Waals surface area contributed by atoms with E-state index in [2.05, 4.69) is 5.32 Å². The summed E-state index contributed by atoms with van der Waals surface area (Å²) < 4.78 is 5.00. The van der Waals surface area contributed by atoms with Gasteiger partial charge in [-0.05, 0) is 43.2 Å². The van der Waals surface area contributed by atoms with E-state index in [0.717, 1.165) is 36.8 Å². The first-order valence-corrected chi connectivity index (χ1v) is 10.1. The predicted molar refractivity (Wildman–Crippen MR) is 105 cm³/mol. The number of hydrogen-bond acceptors (Lipinski definition) is 4. The Morgan fingerprint density at radius 1 is 1.08 bits per heavy atom. The first kappa shape index (κ1) is 18.6. The lowest BCUT2D eigenvalue weighted by Gasteiger charge is -2.11. The molecule has 0 aliphatic heterocycles. The zero-order valence-corrected chi connectivity index (χ0v) is 16.0. The van der Waals surface area contributed by atoms with Gasteiger partial charge in [0.15, 0.2) is 0 Å². The Bertz CT molecular complexity index is 767. The molecule has 138 valence electrons. The predicted octanol–water partition coefficient (Wildman–Crippen LogP) is 4.77. The van der Waals surface area contributed by atoms with Crippen LogP contribution in [0.25, 0.3) is 0 Å². The minimum Gasteiger partial charge on any atom is -0.465 e. The molecule has 0 spiro atoms. The van der Waals surface area contributed by atoms with E-state index in [0.29, 0.717) is 23.4 Å². The molecule has 1 aliphatic rings. The first-order chi connectivity index (χ1) is 12.7. The van der Waals surface area contributed by atoms with Crippen molar-refractivity contribution in [3.8, 4) is 0 Å². The van der Waals surface area contributed by atoms with Gasteiger partial charge < -0.3 is 10.1 Å². The molecule has 2 aromatic rings. The Morgan fingerprint density at radius 2 is 1.81 bits per heavy atom. The van der Waals surface area contributed by atoms with E-state index in [9.17, 15) is 9.59 Å². The summed E-state index contributed by atoms with van der Waals surface area (Å²) in [7, 11) is 1.40. The lowest BCUT2D eigenvalue weighted by molar-refractivity contribution is -0.116. The summed E-state index contributed by atoms with van der Waals surface area (Å²) in [6.07, 6.45) is 7.57. The van der Waals surface area contributed by atoms with Crippen LogP contribution in [0.15, 0.2) is 30.3 Å². The SMILES string of the molecule is COC(=O)c1c(NC(=O)CCc2ccccc2)sc2c1CCCCCC2. The quantitative estimate of drug-likeness (QED) is 0.771. The van der Waals surface area contributed by atoms with E-state index in [1.165, 1.54) is 24.8 Å². The molecule has 1 aromatic heterocycles. The van der Waals surface area contributed by atoms with Crippen molar-refractivity contribution in [2.75, 3.05) is 12.4 Å². The van der Waals surface area contributed by atoms with E-state index in [4.69, 9.17) is 4.74 Å². The second-order valence-corrected chi connectivity index (χ2v) is 7.75. The van der Waals surface area contributed by atoms with Gasteiger partial charge in [0.25, 0.3) is 0 Å². The van der Waals surface area contributed by atoms with Crippen LogP contribution in [0, 0.1) is 0 Å². The van der Waals surface area contributed by atoms with Crippen LogP contribution in [0.4, 0.5) is 5.00 Å². The van der Waals surface area contributed by atoms with Gasteiger partial charge >= 0.3 is 5.97 Å². The molecule has 0 unspecified atom stereocenters. The molecule has 5 heteroatoms. The Morgan fingerprint density at radius 3 is 2.54 bits per heavy atom. The molecular formula is C21H25NO3S. The number of methoxy groups -OCH3 is 1. The lowest BCUT2D eigenvalue weighted by Crippen LogP contribution is -2.15. The van der Waals surface area contributed by atoms with Gasteiger partial charge in [-0.3, -0.25) is 4.79 Å². The summed E-state index contributed by atoms with van der Waals surface area (Å²) >= 11 is 1.55. The molecule has 1 heterocycles. The molecule has 0 fully saturated rings. The number of amides is 1. The van der Waals surface area contributed by atoms with Gasteiger partial charge in [-0.15, -0.1) is 11.3 Å². The number of rotatable bonds is 5. The van der Waals surface area contributed by atoms with Crippen molar-refractivity contribution >= 4 is 28.2 Å². The van der Waals surface area contributed by atoms with Crippen LogP contribution in [0.5, 0.6) is 0 Å². The normalized spacial score (nSPS) is 14.0. The highest BCUT2D eigenvalue weighted by molar-refractivity contribution is 7.17. The first-order valence-electron chi connectivity index (χ1n) is 9.25. The second kappa shape index (κ2) is 8.99. The zero-order chi connectivity index (χ0) is 18.4. The molecule has 0 radical (unpaired) electrons. The minimum atomic E-state index is -0.346. The number of anilines is 1. The van der Waals surface area contributed by atoms with Crippen molar-refractivity contribution in [1.29, 1.82) is 0 Å². The van der Waals surface area contributed by atoms with Crippen LogP contribution < -0.4 is 5.32 Å². The maximum atomic E-state index is 12.4. The van der Waals surface area contributed by atoms with Crippen LogP contribution in [0.2, 0.25) is 0 Å². The Labute approximate surface area is 158 Å². The molecule has 4 nitrogen and oxygen atoms in total. The smallest absolute Gasteiger partial charge is 0.341 e. The summed E-state index contributed by atoms with van der Waals surface area (Å²) in [5, 5.41) is 3.63. The Balaban J connectivity index is 1.76. The topological polar surface area (TPSA) is 55.4 Å². The fourth-order valence-electron chi connectivity index (χ4n) is 3.42. The second-order valence-electron chi connectivity index (χ2n) is 6.65. The maximum Gasteiger partial charge on any atom is 0.341 e. The third-order valence-electron chi connectivity index (χ3n) is 4.80. The molecule has 1 N–H and O–H groups in total. The van der Waals surface area contributed by atoms with E-state index < -0.39 is 0 Å². The van der Waals surface area contributed by atoms with Crippen LogP contribution in [0.3, 0.4) is 0 Å². The zero-order valence-electron chi connectivity index (χ0n) is 15.2. The molecule has 1 aromatic carbocycles. The maximum absolute atomic E-state index is 12.4. The molecule has 3 rings (SSSR count). The number of esters is 1. The van der Waals surface area contributed by atoms with Crippen molar-refractivity contribution < 1.29 is 14.3 Å². The molecule has 0 atom stereocenters. The number of carbonyl (C=O) groups excluding carboxylic acids is 2. The number of carbonyl (C=O) groups is 2. The number of fused-ring (bicyclic) bond motifs is 1. The lowest BCUT2D eigenvalue weighted by atomic mass is 9.96. The standard InChI is InChI=1S/C21H25NO3S/c1-25-21(24)19-16-11-7-2-3-8-12-17(16)26-20(19)22-18(23)14-13-15-9-5-4-6-10-15/h4-6,9-10H,2-3,7-8,11-14H2,1H3,(H,22,23). The van der Waals surface area contributed by atoms with E-state index in [-0.39, 0.29) is 11.9 Å². The molecule has 1 amide bonds. The van der Waals surface area contributed by atoms with Gasteiger partial charge in [0.05, 0.1) is 12.7 Å². The van der Waals surface area contributed by atoms with Gasteiger partial charge in [-0.2, -0.15) is 0 Å². The number of ether oxygens (including phenoxy) is 1. The molecule has 0 saturated carbocycles. The van der Waals surface area contributed by atoms with Gasteiger partial charge in [0, 0.05) is 11.3 Å². The highest BCUT2D eigenvalue weighted by Crippen LogP contribution is 2.37. The van der Waals surface area contributed by atoms with Gasteiger partial charge in [0.1, 0.15) is 5.00 Å². The number of thiophene rings is 1. The number of aryl methyl sites for hydroxylation is 2. The number of nitrogens with one attached hydrogen (secondary N) is 1. The average molecular weight is 372 g/mol. The summed E-state index contributed by atoms with van der Waals surface area (Å²) in [6, 6.07) is 9.95. The summed E-state index contributed by atoms with van der Waals surface area (Å²) in [6.45, 7) is 0. The largest absolute Gasteiger partial charge is 0.465 e. The summed E-state index contributed by atoms with van der Waals surface area (Å²) in [4.78, 5) is 26.0. The van der Waals surface area contributed by atoms with Gasteiger partial charge in [-0.25, -0.2) is 4.79 Å². The van der Waals surface area contributed by atoms with Crippen LogP contribution >= 0.6 is 11.3 Å². The van der Waals surface area contributed by atoms with Crippen molar-refractivity contribution in [3.63, 3.8) is 0 Å². The number of hydrogen-bond donors (Lipinski definition) is 1. The van der Waals surface area contributed by atoms with Crippen LogP contribution in [0.1, 0.15) is 58.5 Å². The molecular weight excluding hydrogens is 346 g/mol. The highest BCUT2D eigenvalue weighted by atomic mass is 32.1. The van der Waals surface area contributed by atoms with Gasteiger partial charge in [0.2, 0.25) is 5.91 Å². The fourth-order valence-corrected chi connectivity index (χ4v) is 4.71. The Kier molecular flexibility index (Phi) is 6.45. The van der Waals surface area contributed by atoms with Crippen LogP contribution in [-0.4, -0.2) is 19.0 Å². The van der Waals surface area contributed by atoms with E-state index in [1.807, 2.05) is 30.3 Å². The highest BCUT2D eigenvalue weighted by Gasteiger charge is 2.25. The van der Waals surface area contributed by atoms with Crippen molar-refractivity contribution in [2.45, 2.75) is 51.4 Å². The third-order valence-corrected chi connectivity index (χ3v) is 6.00. The van der Waals surface area contributed by atoms with Gasteiger partial charge in [-0.1, -0.05) is 43.2 Å². The Hall–Kier alpha value is -2.14. The van der Waals surface area contributed by atoms with Crippen molar-refractivity contribution in [3.05, 3.63) is 51.9 Å². The monoisotopic (exact) mass is 371 g/mol. The summed E-state index contributed by atoms with van der Waals surface area (Å²) in [5.74, 6) is -0.408. The van der Waals surface area contributed by atoms with Crippen molar-refractivity contribution in [2.24, 2.45) is 0 Å². The third kappa shape index (κ3) is 4.52. The van der Waals surface area contributed by atoms with Crippen LogP contribution in [-0.2, 0) is 28.8 Å². The average Bonchev–Trinajstić information content (AvgIpc) is 2.96. The van der Waals surface area contributed by atoms with E-state index >= 15 is 0 Å². The molecule has 1 aliphatic carbocycles. The van der Waals surface area contributed by atoms with E-state index in [1.54, 1.807) is 11.3 Å².